The number of unbranched alkanes of at least 4 members (excludes halogenated alkanes) is 46. The number of amides is 2. The third-order valence-electron chi connectivity index (χ3n) is 23.1. The SMILES string of the molecule is CCCCCCCCCCCCCC(=O)N[C@@H](CCO[C@@H]1O[C@H](COCc2ccccc2)[C@@H](OCc2ccccc2)[C@H](OC(=O)C[C@@H](CCCCCCCCCCC)OC(=O)CCCCCCCCCCCCC)[C@H]1NC(=O)C[C@@H](CCCCCCCCCCC)OC(=O)CCCCCCCCCCCCC)C(=O)OCc1ccccc1. The van der Waals surface area contributed by atoms with E-state index in [0.29, 0.717) is 32.1 Å². The minimum absolute atomic E-state index is 0.0130. The third kappa shape index (κ3) is 55.1. The lowest BCUT2D eigenvalue weighted by Crippen LogP contribution is -2.66. The highest BCUT2D eigenvalue weighted by Crippen LogP contribution is 2.32. The van der Waals surface area contributed by atoms with E-state index in [2.05, 4.69) is 45.3 Å². The number of carbonyl (C=O) groups excluding carboxylic acids is 6. The lowest BCUT2D eigenvalue weighted by atomic mass is 9.95. The van der Waals surface area contributed by atoms with Gasteiger partial charge in [0, 0.05) is 25.7 Å². The number of ether oxygens (including phenoxy) is 8. The quantitative estimate of drug-likeness (QED) is 0.0307. The first kappa shape index (κ1) is 104. The third-order valence-corrected chi connectivity index (χ3v) is 23.1. The molecule has 1 heterocycles. The summed E-state index contributed by atoms with van der Waals surface area (Å²) in [4.78, 5) is 87.5. The fourth-order valence-electron chi connectivity index (χ4n) is 15.9. The molecule has 16 heteroatoms. The van der Waals surface area contributed by atoms with Crippen LogP contribution in [0.3, 0.4) is 0 Å². The molecule has 0 radical (unpaired) electrons. The fraction of sp³-hybridized carbons (Fsp3) is 0.762. The van der Waals surface area contributed by atoms with Crippen molar-refractivity contribution in [3.63, 3.8) is 0 Å². The summed E-state index contributed by atoms with van der Waals surface area (Å²) < 4.78 is 53.1. The van der Waals surface area contributed by atoms with Crippen LogP contribution in [0, 0.1) is 0 Å². The van der Waals surface area contributed by atoms with Crippen LogP contribution in [0.1, 0.15) is 430 Å². The van der Waals surface area contributed by atoms with E-state index >= 15 is 9.59 Å². The Morgan fingerprint density at radius 3 is 1.10 bits per heavy atom. The molecule has 0 spiro atoms. The molecular weight excluding hydrogens is 1470 g/mol. The summed E-state index contributed by atoms with van der Waals surface area (Å²) in [5, 5.41) is 6.26. The number of rotatable bonds is 79. The number of hydrogen-bond acceptors (Lipinski definition) is 14. The van der Waals surface area contributed by atoms with Crippen molar-refractivity contribution in [2.45, 2.75) is 482 Å². The van der Waals surface area contributed by atoms with E-state index in [0.717, 1.165) is 126 Å². The van der Waals surface area contributed by atoms with Crippen LogP contribution in [0.25, 0.3) is 0 Å². The smallest absolute Gasteiger partial charge is 0.329 e. The zero-order chi connectivity index (χ0) is 83.7. The zero-order valence-electron chi connectivity index (χ0n) is 74.7. The van der Waals surface area contributed by atoms with Crippen LogP contribution >= 0.6 is 0 Å². The molecule has 0 aromatic heterocycles. The summed E-state index contributed by atoms with van der Waals surface area (Å²) in [6.07, 6.45) is 52.4. The Kier molecular flexibility index (Phi) is 64.7. The molecule has 0 bridgehead atoms. The molecule has 4 rings (SSSR count). The second-order valence-corrected chi connectivity index (χ2v) is 33.9. The standard InChI is InChI=1S/C101H168N2O14/c1-6-11-16-21-26-31-34-39-44-49-63-74-92(104)102-90(100(109)113-83-87-70-59-54-60-71-87)77-78-111-101-97(103-93(105)79-88(72-61-47-42-37-29-24-19-14-9-4)114-94(106)75-64-50-45-40-35-32-27-22-17-12-7-2)99(98(112-82-86-68-57-53-58-69-86)91(116-101)84-110-81-85-66-55-52-56-67-85)117-96(108)80-89(73-62-48-43-38-30-25-20-15-10-5)115-95(107)76-65-51-46-41-36-33-28-23-18-13-8-3/h52-60,66-71,88-91,97-99,101H,6-51,61-65,72-84H2,1-5H3,(H,102,104)(H,103,105)/t88-,89-,90+,91-,97-,98-,99-,101-/m1/s1. The highest BCUT2D eigenvalue weighted by atomic mass is 16.7. The second kappa shape index (κ2) is 73.1. The molecule has 1 aliphatic rings. The van der Waals surface area contributed by atoms with Crippen molar-refractivity contribution in [2.24, 2.45) is 0 Å². The van der Waals surface area contributed by atoms with E-state index in [9.17, 15) is 19.2 Å². The molecule has 117 heavy (non-hydrogen) atoms. The molecule has 666 valence electrons. The van der Waals surface area contributed by atoms with Crippen molar-refractivity contribution in [2.75, 3.05) is 13.2 Å². The second-order valence-electron chi connectivity index (χ2n) is 33.9. The van der Waals surface area contributed by atoms with Crippen molar-refractivity contribution < 1.29 is 66.7 Å². The number of nitrogens with one attached hydrogen (secondary N) is 2. The van der Waals surface area contributed by atoms with Gasteiger partial charge in [0.1, 0.15) is 43.1 Å². The van der Waals surface area contributed by atoms with Gasteiger partial charge in [-0.25, -0.2) is 4.79 Å². The van der Waals surface area contributed by atoms with Gasteiger partial charge in [0.2, 0.25) is 11.8 Å². The number of esters is 4. The average molecular weight is 1630 g/mol. The lowest BCUT2D eigenvalue weighted by molar-refractivity contribution is -0.286. The van der Waals surface area contributed by atoms with E-state index in [1.807, 2.05) is 91.0 Å². The van der Waals surface area contributed by atoms with Gasteiger partial charge in [-0.1, -0.05) is 421 Å². The lowest BCUT2D eigenvalue weighted by Gasteiger charge is -2.46. The highest BCUT2D eigenvalue weighted by Gasteiger charge is 2.51. The minimum Gasteiger partial charge on any atom is -0.462 e. The molecule has 3 aromatic rings. The minimum atomic E-state index is -1.39. The van der Waals surface area contributed by atoms with E-state index in [-0.39, 0.29) is 89.4 Å². The molecule has 0 unspecified atom stereocenters. The van der Waals surface area contributed by atoms with Gasteiger partial charge < -0.3 is 48.5 Å². The monoisotopic (exact) mass is 1630 g/mol. The molecular formula is C101H168N2O14. The Morgan fingerprint density at radius 1 is 0.350 bits per heavy atom. The Morgan fingerprint density at radius 2 is 0.701 bits per heavy atom. The van der Waals surface area contributed by atoms with E-state index in [1.165, 1.54) is 199 Å². The molecule has 1 saturated heterocycles. The van der Waals surface area contributed by atoms with E-state index in [4.69, 9.17) is 37.9 Å². The molecule has 8 atom stereocenters. The van der Waals surface area contributed by atoms with E-state index < -0.39 is 66.7 Å². The molecule has 2 amide bonds. The highest BCUT2D eigenvalue weighted by molar-refractivity contribution is 5.84. The molecule has 16 nitrogen and oxygen atoms in total. The molecule has 0 saturated carbocycles. The predicted molar refractivity (Wildman–Crippen MR) is 476 cm³/mol. The normalized spacial score (nSPS) is 16.1. The van der Waals surface area contributed by atoms with Gasteiger partial charge in [-0.3, -0.25) is 24.0 Å². The van der Waals surface area contributed by atoms with Crippen LogP contribution in [-0.2, 0) is 86.5 Å². The van der Waals surface area contributed by atoms with Gasteiger partial charge in [0.05, 0.1) is 39.3 Å². The Balaban J connectivity index is 1.76. The van der Waals surface area contributed by atoms with Crippen molar-refractivity contribution in [3.05, 3.63) is 108 Å². The summed E-state index contributed by atoms with van der Waals surface area (Å²) in [5.41, 5.74) is 2.54. The maximum absolute atomic E-state index is 15.5. The summed E-state index contributed by atoms with van der Waals surface area (Å²) in [6.45, 7) is 11.2. The molecule has 2 N–H and O–H groups in total. The molecule has 3 aromatic carbocycles. The Labute approximate surface area is 712 Å². The first-order valence-electron chi connectivity index (χ1n) is 48.4. The first-order chi connectivity index (χ1) is 57.5. The number of benzene rings is 3. The fourth-order valence-corrected chi connectivity index (χ4v) is 15.9. The summed E-state index contributed by atoms with van der Waals surface area (Å²) in [5.74, 6) is -2.74. The molecule has 0 aliphatic carbocycles. The van der Waals surface area contributed by atoms with Crippen LogP contribution in [-0.4, -0.2) is 97.8 Å². The van der Waals surface area contributed by atoms with Gasteiger partial charge in [0.15, 0.2) is 12.4 Å². The van der Waals surface area contributed by atoms with Crippen LogP contribution in [0.4, 0.5) is 0 Å². The largest absolute Gasteiger partial charge is 0.462 e. The van der Waals surface area contributed by atoms with Crippen molar-refractivity contribution in [1.82, 2.24) is 10.6 Å². The van der Waals surface area contributed by atoms with Crippen molar-refractivity contribution >= 4 is 35.7 Å². The van der Waals surface area contributed by atoms with Crippen LogP contribution < -0.4 is 10.6 Å². The zero-order valence-corrected chi connectivity index (χ0v) is 74.7. The predicted octanol–water partition coefficient (Wildman–Crippen LogP) is 26.1. The summed E-state index contributed by atoms with van der Waals surface area (Å²) in [6, 6.07) is 26.4. The number of carbonyl (C=O) groups is 6. The maximum Gasteiger partial charge on any atom is 0.329 e. The van der Waals surface area contributed by atoms with E-state index in [1.54, 1.807) is 0 Å². The Hall–Kier alpha value is -5.68. The van der Waals surface area contributed by atoms with Gasteiger partial charge >= 0.3 is 23.9 Å². The maximum atomic E-state index is 15.5. The first-order valence-corrected chi connectivity index (χ1v) is 48.4. The molecule has 1 aliphatic heterocycles. The average Bonchev–Trinajstić information content (AvgIpc) is 0.782. The Bertz CT molecular complexity index is 2850. The van der Waals surface area contributed by atoms with Gasteiger partial charge in [0.25, 0.3) is 0 Å². The van der Waals surface area contributed by atoms with Gasteiger partial charge in [-0.2, -0.15) is 0 Å². The van der Waals surface area contributed by atoms with Gasteiger partial charge in [-0.15, -0.1) is 0 Å². The van der Waals surface area contributed by atoms with Crippen LogP contribution in [0.2, 0.25) is 0 Å². The van der Waals surface area contributed by atoms with Crippen molar-refractivity contribution in [1.29, 1.82) is 0 Å². The number of hydrogen-bond donors (Lipinski definition) is 2. The van der Waals surface area contributed by atoms with Crippen molar-refractivity contribution in [3.8, 4) is 0 Å². The van der Waals surface area contributed by atoms with Crippen LogP contribution in [0.15, 0.2) is 91.0 Å². The van der Waals surface area contributed by atoms with Gasteiger partial charge in [-0.05, 0) is 61.6 Å². The summed E-state index contributed by atoms with van der Waals surface area (Å²) >= 11 is 0. The summed E-state index contributed by atoms with van der Waals surface area (Å²) in [7, 11) is 0. The topological polar surface area (TPSA) is 200 Å². The molecule has 1 fully saturated rings. The van der Waals surface area contributed by atoms with Crippen LogP contribution in [0.5, 0.6) is 0 Å².